The quantitative estimate of drug-likeness (QED) is 0.521. The van der Waals surface area contributed by atoms with Gasteiger partial charge in [-0.15, -0.1) is 10.2 Å². The van der Waals surface area contributed by atoms with Crippen LogP contribution in [0, 0.1) is 0 Å². The van der Waals surface area contributed by atoms with Gasteiger partial charge in [-0.2, -0.15) is 0 Å². The third-order valence-electron chi connectivity index (χ3n) is 3.19. The molecule has 24 heavy (non-hydrogen) atoms. The molecule has 1 unspecified atom stereocenters. The molecule has 0 aliphatic rings. The first-order valence-corrected chi connectivity index (χ1v) is 9.05. The van der Waals surface area contributed by atoms with Crippen LogP contribution in [0.25, 0.3) is 0 Å². The number of halogens is 1. The number of aromatic nitrogens is 3. The number of carbonyl (C=O) groups excluding carboxylic acids is 1. The predicted octanol–water partition coefficient (Wildman–Crippen LogP) is 3.75. The van der Waals surface area contributed by atoms with E-state index in [0.717, 1.165) is 0 Å². The maximum atomic E-state index is 11.5. The van der Waals surface area contributed by atoms with Gasteiger partial charge in [0.25, 0.3) is 0 Å². The number of hydrogen-bond acceptors (Lipinski definition) is 6. The summed E-state index contributed by atoms with van der Waals surface area (Å²) in [4.78, 5) is 11.5. The second kappa shape index (κ2) is 8.94. The molecule has 0 fully saturated rings. The van der Waals surface area contributed by atoms with Crippen LogP contribution in [0.15, 0.2) is 29.4 Å². The molecule has 0 spiro atoms. The molecule has 1 heterocycles. The molecule has 0 saturated carbocycles. The van der Waals surface area contributed by atoms with Crippen molar-refractivity contribution in [3.8, 4) is 5.75 Å². The zero-order valence-corrected chi connectivity index (χ0v) is 15.4. The molecular formula is C16H20ClN3O3S. The molecule has 0 radical (unpaired) electrons. The second-order valence-corrected chi connectivity index (χ2v) is 6.22. The van der Waals surface area contributed by atoms with Crippen LogP contribution in [0.3, 0.4) is 0 Å². The summed E-state index contributed by atoms with van der Waals surface area (Å²) in [5, 5.41) is 9.58. The molecule has 0 bridgehead atoms. The molecule has 2 aromatic rings. The van der Waals surface area contributed by atoms with Crippen molar-refractivity contribution in [2.24, 2.45) is 0 Å². The van der Waals surface area contributed by atoms with Gasteiger partial charge in [-0.3, -0.25) is 4.79 Å². The second-order valence-electron chi connectivity index (χ2n) is 4.87. The van der Waals surface area contributed by atoms with Crippen molar-refractivity contribution in [2.45, 2.75) is 38.6 Å². The largest absolute Gasteiger partial charge is 0.481 e. The third kappa shape index (κ3) is 4.64. The van der Waals surface area contributed by atoms with Crippen molar-refractivity contribution in [1.82, 2.24) is 14.8 Å². The monoisotopic (exact) mass is 369 g/mol. The Morgan fingerprint density at radius 2 is 2.08 bits per heavy atom. The van der Waals surface area contributed by atoms with Crippen molar-refractivity contribution < 1.29 is 14.3 Å². The summed E-state index contributed by atoms with van der Waals surface area (Å²) in [5.74, 6) is 1.21. The molecule has 0 saturated heterocycles. The normalized spacial score (nSPS) is 12.0. The van der Waals surface area contributed by atoms with Gasteiger partial charge in [-0.25, -0.2) is 0 Å². The Labute approximate surface area is 150 Å². The van der Waals surface area contributed by atoms with Gasteiger partial charge in [0.2, 0.25) is 0 Å². The maximum Gasteiger partial charge on any atom is 0.316 e. The standard InChI is InChI=1S/C16H20ClN3O3S/c1-4-20-15(11(3)23-13-9-7-6-8-12(13)17)18-19-16(20)24-10-14(21)22-5-2/h6-9,11H,4-5,10H2,1-3H3. The Hall–Kier alpha value is -1.73. The highest BCUT2D eigenvalue weighted by Gasteiger charge is 2.20. The fraction of sp³-hybridized carbons (Fsp3) is 0.438. The Kier molecular flexibility index (Phi) is 6.93. The van der Waals surface area contributed by atoms with Crippen LogP contribution in [0.4, 0.5) is 0 Å². The fourth-order valence-corrected chi connectivity index (χ4v) is 3.10. The summed E-state index contributed by atoms with van der Waals surface area (Å²) in [6.07, 6.45) is -0.325. The fourth-order valence-electron chi connectivity index (χ4n) is 2.11. The van der Waals surface area contributed by atoms with Crippen LogP contribution in [0.1, 0.15) is 32.7 Å². The lowest BCUT2D eigenvalue weighted by Gasteiger charge is -2.16. The number of benzene rings is 1. The number of para-hydroxylation sites is 1. The van der Waals surface area contributed by atoms with Gasteiger partial charge in [-0.1, -0.05) is 35.5 Å². The van der Waals surface area contributed by atoms with E-state index in [1.165, 1.54) is 11.8 Å². The minimum atomic E-state index is -0.325. The van der Waals surface area contributed by atoms with Crippen molar-refractivity contribution >= 4 is 29.3 Å². The Bertz CT molecular complexity index is 693. The Morgan fingerprint density at radius 1 is 1.33 bits per heavy atom. The summed E-state index contributed by atoms with van der Waals surface area (Å²) < 4.78 is 12.7. The van der Waals surface area contributed by atoms with E-state index in [-0.39, 0.29) is 17.8 Å². The molecule has 2 rings (SSSR count). The molecule has 130 valence electrons. The Balaban J connectivity index is 2.10. The van der Waals surface area contributed by atoms with Gasteiger partial charge in [0, 0.05) is 6.54 Å². The summed E-state index contributed by atoms with van der Waals surface area (Å²) in [6, 6.07) is 7.29. The maximum absolute atomic E-state index is 11.5. The van der Waals surface area contributed by atoms with E-state index in [0.29, 0.717) is 34.9 Å². The molecule has 8 heteroatoms. The summed E-state index contributed by atoms with van der Waals surface area (Å²) >= 11 is 7.43. The van der Waals surface area contributed by atoms with Crippen LogP contribution in [0.2, 0.25) is 5.02 Å². The first kappa shape index (κ1) is 18.6. The molecule has 0 aliphatic carbocycles. The molecule has 6 nitrogen and oxygen atoms in total. The van der Waals surface area contributed by atoms with Crippen LogP contribution in [-0.2, 0) is 16.1 Å². The molecule has 0 N–H and O–H groups in total. The van der Waals surface area contributed by atoms with Crippen molar-refractivity contribution in [3.63, 3.8) is 0 Å². The first-order chi connectivity index (χ1) is 11.6. The van der Waals surface area contributed by atoms with Crippen LogP contribution >= 0.6 is 23.4 Å². The molecule has 1 atom stereocenters. The van der Waals surface area contributed by atoms with Gasteiger partial charge in [0.1, 0.15) is 5.75 Å². The van der Waals surface area contributed by atoms with Crippen LogP contribution in [-0.4, -0.2) is 33.1 Å². The van der Waals surface area contributed by atoms with E-state index in [1.807, 2.05) is 36.6 Å². The summed E-state index contributed by atoms with van der Waals surface area (Å²) in [7, 11) is 0. The molecule has 1 aromatic carbocycles. The zero-order valence-electron chi connectivity index (χ0n) is 13.9. The van der Waals surface area contributed by atoms with Crippen molar-refractivity contribution in [1.29, 1.82) is 0 Å². The molecule has 0 aliphatic heterocycles. The lowest BCUT2D eigenvalue weighted by Crippen LogP contribution is -2.13. The van der Waals surface area contributed by atoms with E-state index in [9.17, 15) is 4.79 Å². The van der Waals surface area contributed by atoms with Gasteiger partial charge >= 0.3 is 5.97 Å². The summed E-state index contributed by atoms with van der Waals surface area (Å²) in [5.41, 5.74) is 0. The lowest BCUT2D eigenvalue weighted by atomic mass is 10.3. The predicted molar refractivity (Wildman–Crippen MR) is 93.5 cm³/mol. The molecular weight excluding hydrogens is 350 g/mol. The SMILES string of the molecule is CCOC(=O)CSc1nnc(C(C)Oc2ccccc2Cl)n1CC. The topological polar surface area (TPSA) is 66.2 Å². The number of esters is 1. The van der Waals surface area contributed by atoms with E-state index in [4.69, 9.17) is 21.1 Å². The van der Waals surface area contributed by atoms with E-state index in [1.54, 1.807) is 13.0 Å². The minimum Gasteiger partial charge on any atom is -0.481 e. The summed E-state index contributed by atoms with van der Waals surface area (Å²) in [6.45, 7) is 6.70. The van der Waals surface area contributed by atoms with E-state index < -0.39 is 0 Å². The minimum absolute atomic E-state index is 0.200. The van der Waals surface area contributed by atoms with E-state index >= 15 is 0 Å². The molecule has 0 amide bonds. The smallest absolute Gasteiger partial charge is 0.316 e. The van der Waals surface area contributed by atoms with Crippen molar-refractivity contribution in [2.75, 3.05) is 12.4 Å². The highest BCUT2D eigenvalue weighted by molar-refractivity contribution is 7.99. The number of thioether (sulfide) groups is 1. The first-order valence-electron chi connectivity index (χ1n) is 7.69. The van der Waals surface area contributed by atoms with Gasteiger partial charge in [0.15, 0.2) is 17.1 Å². The average Bonchev–Trinajstić information content (AvgIpc) is 2.98. The van der Waals surface area contributed by atoms with E-state index in [2.05, 4.69) is 10.2 Å². The number of hydrogen-bond donors (Lipinski definition) is 0. The molecule has 1 aromatic heterocycles. The van der Waals surface area contributed by atoms with Gasteiger partial charge in [-0.05, 0) is 32.9 Å². The zero-order chi connectivity index (χ0) is 17.5. The number of ether oxygens (including phenoxy) is 2. The van der Waals surface area contributed by atoms with Gasteiger partial charge in [0.05, 0.1) is 17.4 Å². The Morgan fingerprint density at radius 3 is 2.75 bits per heavy atom. The lowest BCUT2D eigenvalue weighted by molar-refractivity contribution is -0.139. The third-order valence-corrected chi connectivity index (χ3v) is 4.44. The van der Waals surface area contributed by atoms with Crippen molar-refractivity contribution in [3.05, 3.63) is 35.1 Å². The highest BCUT2D eigenvalue weighted by Crippen LogP contribution is 2.29. The highest BCUT2D eigenvalue weighted by atomic mass is 35.5. The van der Waals surface area contributed by atoms with Crippen LogP contribution in [0.5, 0.6) is 5.75 Å². The number of nitrogens with zero attached hydrogens (tertiary/aromatic N) is 3. The van der Waals surface area contributed by atoms with Crippen LogP contribution < -0.4 is 4.74 Å². The number of rotatable bonds is 8. The van der Waals surface area contributed by atoms with Gasteiger partial charge < -0.3 is 14.0 Å². The average molecular weight is 370 g/mol. The number of carbonyl (C=O) groups is 1.